The minimum atomic E-state index is -0.465. The van der Waals surface area contributed by atoms with E-state index in [1.807, 2.05) is 51.7 Å². The van der Waals surface area contributed by atoms with Crippen molar-refractivity contribution < 1.29 is 18.6 Å². The highest BCUT2D eigenvalue weighted by molar-refractivity contribution is 5.98. The molecule has 0 amide bonds. The van der Waals surface area contributed by atoms with Gasteiger partial charge in [-0.2, -0.15) is 5.10 Å². The molecule has 1 aliphatic heterocycles. The molecule has 6 aromatic rings. The van der Waals surface area contributed by atoms with Crippen LogP contribution in [0, 0.1) is 5.82 Å². The lowest BCUT2D eigenvalue weighted by atomic mass is 10.1. The molecule has 0 spiro atoms. The summed E-state index contributed by atoms with van der Waals surface area (Å²) in [4.78, 5) is 13.0. The summed E-state index contributed by atoms with van der Waals surface area (Å²) in [6, 6.07) is 22.0. The molecule has 2 N–H and O–H groups in total. The van der Waals surface area contributed by atoms with Crippen LogP contribution in [-0.4, -0.2) is 42.5 Å². The average Bonchev–Trinajstić information content (AvgIpc) is 3.66. The number of anilines is 1. The fourth-order valence-corrected chi connectivity index (χ4v) is 5.43. The van der Waals surface area contributed by atoms with E-state index in [1.54, 1.807) is 18.6 Å². The minimum absolute atomic E-state index is 0.172. The van der Waals surface area contributed by atoms with Gasteiger partial charge in [0.1, 0.15) is 47.5 Å². The number of hydrogen-bond donors (Lipinski definition) is 1. The third-order valence-corrected chi connectivity index (χ3v) is 7.64. The Labute approximate surface area is 252 Å². The van der Waals surface area contributed by atoms with Crippen molar-refractivity contribution in [3.05, 3.63) is 109 Å². The van der Waals surface area contributed by atoms with Gasteiger partial charge >= 0.3 is 0 Å². The molecule has 1 aliphatic rings. The summed E-state index contributed by atoms with van der Waals surface area (Å²) in [5.74, 6) is 1.11. The second-order valence-electron chi connectivity index (χ2n) is 10.6. The third kappa shape index (κ3) is 5.82. The number of nitrogen functional groups attached to an aromatic ring is 1. The number of halogens is 1. The van der Waals surface area contributed by atoms with Crippen LogP contribution in [0.3, 0.4) is 0 Å². The Morgan fingerprint density at radius 1 is 0.932 bits per heavy atom. The van der Waals surface area contributed by atoms with Gasteiger partial charge in [-0.05, 0) is 42.7 Å². The van der Waals surface area contributed by atoms with Gasteiger partial charge in [0.15, 0.2) is 5.65 Å². The highest BCUT2D eigenvalue weighted by Gasteiger charge is 2.24. The van der Waals surface area contributed by atoms with Gasteiger partial charge in [0, 0.05) is 43.5 Å². The van der Waals surface area contributed by atoms with E-state index < -0.39 is 5.82 Å². The van der Waals surface area contributed by atoms with E-state index in [2.05, 4.69) is 27.1 Å². The monoisotopic (exact) mass is 591 g/mol. The first kappa shape index (κ1) is 27.5. The van der Waals surface area contributed by atoms with Crippen LogP contribution in [0.2, 0.25) is 0 Å². The van der Waals surface area contributed by atoms with Gasteiger partial charge < -0.3 is 24.5 Å². The molecule has 10 nitrogen and oxygen atoms in total. The van der Waals surface area contributed by atoms with Gasteiger partial charge in [-0.1, -0.05) is 30.3 Å². The summed E-state index contributed by atoms with van der Waals surface area (Å²) in [6.07, 6.45) is 6.67. The number of nitrogens with zero attached hydrogens (tertiary/aromatic N) is 6. The molecule has 0 unspecified atom stereocenters. The van der Waals surface area contributed by atoms with Crippen LogP contribution in [0.5, 0.6) is 17.2 Å². The summed E-state index contributed by atoms with van der Waals surface area (Å²) in [6.45, 7) is 2.25. The number of nitrogens with two attached hydrogens (primary N) is 1. The first-order valence-corrected chi connectivity index (χ1v) is 14.4. The lowest BCUT2D eigenvalue weighted by Gasteiger charge is -2.22. The number of benzene rings is 3. The maximum absolute atomic E-state index is 14.6. The zero-order chi connectivity index (χ0) is 29.9. The molecule has 4 heterocycles. The molecule has 0 radical (unpaired) electrons. The predicted octanol–water partition coefficient (Wildman–Crippen LogP) is 6.18. The molecule has 44 heavy (non-hydrogen) atoms. The Kier molecular flexibility index (Phi) is 7.60. The second kappa shape index (κ2) is 12.1. The molecule has 0 saturated carbocycles. The van der Waals surface area contributed by atoms with Crippen LogP contribution in [-0.2, 0) is 17.9 Å². The Balaban J connectivity index is 1.07. The van der Waals surface area contributed by atoms with Crippen molar-refractivity contribution in [2.75, 3.05) is 18.9 Å². The second-order valence-corrected chi connectivity index (χ2v) is 10.6. The lowest BCUT2D eigenvalue weighted by Crippen LogP contribution is -2.20. The van der Waals surface area contributed by atoms with Crippen molar-refractivity contribution in [2.24, 2.45) is 0 Å². The van der Waals surface area contributed by atoms with Crippen molar-refractivity contribution in [1.82, 2.24) is 29.3 Å². The van der Waals surface area contributed by atoms with Gasteiger partial charge in [0.05, 0.1) is 29.6 Å². The molecule has 1 fully saturated rings. The van der Waals surface area contributed by atoms with Crippen LogP contribution >= 0.6 is 0 Å². The maximum atomic E-state index is 14.6. The molecule has 222 valence electrons. The van der Waals surface area contributed by atoms with E-state index in [9.17, 15) is 4.39 Å². The summed E-state index contributed by atoms with van der Waals surface area (Å²) >= 11 is 0. The Bertz CT molecular complexity index is 1880. The van der Waals surface area contributed by atoms with E-state index in [0.29, 0.717) is 59.6 Å². The van der Waals surface area contributed by atoms with E-state index in [1.165, 1.54) is 18.5 Å². The largest absolute Gasteiger partial charge is 0.487 e. The topological polar surface area (TPSA) is 115 Å². The summed E-state index contributed by atoms with van der Waals surface area (Å²) in [5, 5.41) is 5.63. The standard InChI is InChI=1S/C33H30FN7O3/c34-24-14-28(43-19-26-17-36-21-40(26)18-22-4-2-1-3-5-22)16-29(15-24)44-27-8-6-23(7-9-27)31-30-32(35)37-20-38-33(30)41(39-31)25-10-12-42-13-11-25/h1-9,14-17,20-21,25H,10-13,18-19H2,(H2,35,37,38). The third-order valence-electron chi connectivity index (χ3n) is 7.64. The van der Waals surface area contributed by atoms with Crippen molar-refractivity contribution >= 4 is 16.9 Å². The van der Waals surface area contributed by atoms with Gasteiger partial charge in [-0.25, -0.2) is 24.0 Å². The first-order valence-electron chi connectivity index (χ1n) is 14.4. The summed E-state index contributed by atoms with van der Waals surface area (Å²) in [7, 11) is 0. The predicted molar refractivity (Wildman–Crippen MR) is 163 cm³/mol. The Hall–Kier alpha value is -5.29. The fourth-order valence-electron chi connectivity index (χ4n) is 5.43. The number of hydrogen-bond acceptors (Lipinski definition) is 8. The zero-order valence-corrected chi connectivity index (χ0v) is 23.8. The van der Waals surface area contributed by atoms with Gasteiger partial charge in [-0.15, -0.1) is 0 Å². The van der Waals surface area contributed by atoms with Crippen LogP contribution in [0.1, 0.15) is 30.1 Å². The molecule has 0 bridgehead atoms. The van der Waals surface area contributed by atoms with E-state index >= 15 is 0 Å². The minimum Gasteiger partial charge on any atom is -0.487 e. The molecule has 0 atom stereocenters. The van der Waals surface area contributed by atoms with E-state index in [-0.39, 0.29) is 12.6 Å². The number of ether oxygens (including phenoxy) is 3. The van der Waals surface area contributed by atoms with Crippen molar-refractivity contribution in [1.29, 1.82) is 0 Å². The van der Waals surface area contributed by atoms with Crippen LogP contribution in [0.25, 0.3) is 22.3 Å². The molecule has 3 aromatic carbocycles. The van der Waals surface area contributed by atoms with Crippen molar-refractivity contribution in [3.63, 3.8) is 0 Å². The highest BCUT2D eigenvalue weighted by atomic mass is 19.1. The van der Waals surface area contributed by atoms with E-state index in [4.69, 9.17) is 25.0 Å². The molecule has 7 rings (SSSR count). The molecular formula is C33H30FN7O3. The van der Waals surface area contributed by atoms with Gasteiger partial charge in [0.25, 0.3) is 0 Å². The molecule has 1 saturated heterocycles. The molecular weight excluding hydrogens is 561 g/mol. The van der Waals surface area contributed by atoms with Crippen molar-refractivity contribution in [2.45, 2.75) is 32.0 Å². The molecule has 3 aromatic heterocycles. The first-order chi connectivity index (χ1) is 21.6. The number of aromatic nitrogens is 6. The number of rotatable bonds is 9. The van der Waals surface area contributed by atoms with Crippen LogP contribution in [0.4, 0.5) is 10.2 Å². The molecule has 11 heteroatoms. The zero-order valence-electron chi connectivity index (χ0n) is 23.8. The summed E-state index contributed by atoms with van der Waals surface area (Å²) in [5.41, 5.74) is 10.5. The van der Waals surface area contributed by atoms with Crippen LogP contribution in [0.15, 0.2) is 91.6 Å². The van der Waals surface area contributed by atoms with Gasteiger partial charge in [0.2, 0.25) is 0 Å². The Morgan fingerprint density at radius 2 is 1.73 bits per heavy atom. The normalized spacial score (nSPS) is 13.8. The smallest absolute Gasteiger partial charge is 0.164 e. The maximum Gasteiger partial charge on any atom is 0.164 e. The number of fused-ring (bicyclic) bond motifs is 1. The SMILES string of the molecule is Nc1ncnc2c1c(-c1ccc(Oc3cc(F)cc(OCc4cncn4Cc4ccccc4)c3)cc1)nn2C1CCOCC1. The fraction of sp³-hybridized carbons (Fsp3) is 0.212. The van der Waals surface area contributed by atoms with Crippen LogP contribution < -0.4 is 15.2 Å². The Morgan fingerprint density at radius 3 is 2.55 bits per heavy atom. The number of imidazole rings is 1. The van der Waals surface area contributed by atoms with Gasteiger partial charge in [-0.3, -0.25) is 0 Å². The van der Waals surface area contributed by atoms with E-state index in [0.717, 1.165) is 29.7 Å². The lowest BCUT2D eigenvalue weighted by molar-refractivity contribution is 0.0674. The average molecular weight is 592 g/mol. The highest BCUT2D eigenvalue weighted by Crippen LogP contribution is 2.35. The van der Waals surface area contributed by atoms with Crippen molar-refractivity contribution in [3.8, 4) is 28.5 Å². The molecule has 0 aliphatic carbocycles. The summed E-state index contributed by atoms with van der Waals surface area (Å²) < 4.78 is 36.0. The quantitative estimate of drug-likeness (QED) is 0.212.